The second-order valence-electron chi connectivity index (χ2n) is 6.43. The van der Waals surface area contributed by atoms with Crippen molar-refractivity contribution in [1.82, 2.24) is 15.1 Å². The number of nitrogens with one attached hydrogen (secondary N) is 1. The number of nitriles is 1. The molecule has 6 nitrogen and oxygen atoms in total. The first kappa shape index (κ1) is 17.2. The van der Waals surface area contributed by atoms with Gasteiger partial charge in [0.2, 0.25) is 0 Å². The van der Waals surface area contributed by atoms with Gasteiger partial charge in [0.25, 0.3) is 5.91 Å². The number of aromatic nitrogens is 2. The lowest BCUT2D eigenvalue weighted by atomic mass is 9.95. The Hall–Kier alpha value is -3.24. The zero-order chi connectivity index (χ0) is 19.1. The molecule has 2 heterocycles. The van der Waals surface area contributed by atoms with Crippen LogP contribution in [0.4, 0.5) is 5.69 Å². The van der Waals surface area contributed by atoms with Crippen LogP contribution in [0.15, 0.2) is 47.5 Å². The number of hydrogen-bond donors (Lipinski definition) is 2. The topological polar surface area (TPSA) is 98.8 Å². The van der Waals surface area contributed by atoms with Gasteiger partial charge in [0.15, 0.2) is 0 Å². The van der Waals surface area contributed by atoms with Gasteiger partial charge in [0.1, 0.15) is 5.03 Å². The van der Waals surface area contributed by atoms with Gasteiger partial charge in [0.05, 0.1) is 23.7 Å². The number of fused-ring (bicyclic) bond motifs is 2. The van der Waals surface area contributed by atoms with Crippen molar-refractivity contribution in [3.8, 4) is 17.2 Å². The van der Waals surface area contributed by atoms with E-state index >= 15 is 0 Å². The quantitative estimate of drug-likeness (QED) is 0.413. The fraction of sp³-hybridized carbons (Fsp3) is 0.150. The van der Waals surface area contributed by atoms with E-state index in [2.05, 4.69) is 22.8 Å². The molecular formula is C20H17N5OS. The van der Waals surface area contributed by atoms with Crippen LogP contribution in [-0.2, 0) is 6.54 Å². The molecule has 7 heteroatoms. The Kier molecular flexibility index (Phi) is 4.13. The molecule has 0 spiro atoms. The predicted molar refractivity (Wildman–Crippen MR) is 107 cm³/mol. The van der Waals surface area contributed by atoms with Crippen LogP contribution in [0.25, 0.3) is 22.0 Å². The SMILES string of the molecule is C=C(C#N)CN1Cc2c(-c3ccc4[nH]nc(SC)c4c3)ccc(N)c2C1=O. The summed E-state index contributed by atoms with van der Waals surface area (Å²) in [7, 11) is 0. The van der Waals surface area contributed by atoms with Crippen LogP contribution in [0.5, 0.6) is 0 Å². The smallest absolute Gasteiger partial charge is 0.256 e. The van der Waals surface area contributed by atoms with E-state index in [1.54, 1.807) is 22.7 Å². The summed E-state index contributed by atoms with van der Waals surface area (Å²) in [6, 6.07) is 11.8. The molecule has 0 bridgehead atoms. The summed E-state index contributed by atoms with van der Waals surface area (Å²) in [6.45, 7) is 4.30. The molecule has 27 heavy (non-hydrogen) atoms. The highest BCUT2D eigenvalue weighted by Crippen LogP contribution is 2.37. The molecule has 1 aromatic heterocycles. The van der Waals surface area contributed by atoms with Crippen molar-refractivity contribution in [2.75, 3.05) is 18.5 Å². The number of H-pyrrole nitrogens is 1. The van der Waals surface area contributed by atoms with Crippen LogP contribution in [-0.4, -0.2) is 33.8 Å². The fourth-order valence-corrected chi connectivity index (χ4v) is 4.01. The summed E-state index contributed by atoms with van der Waals surface area (Å²) in [4.78, 5) is 14.4. The molecule has 2 aromatic carbocycles. The van der Waals surface area contributed by atoms with Crippen molar-refractivity contribution in [2.24, 2.45) is 0 Å². The average molecular weight is 375 g/mol. The van der Waals surface area contributed by atoms with Crippen molar-refractivity contribution in [3.05, 3.63) is 53.6 Å². The van der Waals surface area contributed by atoms with Gasteiger partial charge in [-0.2, -0.15) is 10.4 Å². The summed E-state index contributed by atoms with van der Waals surface area (Å²) in [5.74, 6) is -0.157. The van der Waals surface area contributed by atoms with Crippen LogP contribution in [0.3, 0.4) is 0 Å². The normalized spacial score (nSPS) is 13.0. The van der Waals surface area contributed by atoms with E-state index in [9.17, 15) is 4.79 Å². The molecule has 0 radical (unpaired) electrons. The fourth-order valence-electron chi connectivity index (χ4n) is 3.48. The lowest BCUT2D eigenvalue weighted by molar-refractivity contribution is 0.0794. The first-order valence-electron chi connectivity index (χ1n) is 8.34. The number of anilines is 1. The number of carbonyl (C=O) groups is 1. The standard InChI is InChI=1S/C20H17N5OS/c1-11(8-21)9-25-10-15-13(4-5-16(22)18(15)20(25)26)12-3-6-17-14(7-12)19(27-2)24-23-17/h3-7H,1,9-10,22H2,2H3,(H,23,24). The number of benzene rings is 2. The van der Waals surface area contributed by atoms with E-state index in [0.29, 0.717) is 23.4 Å². The van der Waals surface area contributed by atoms with Crippen molar-refractivity contribution < 1.29 is 4.79 Å². The van der Waals surface area contributed by atoms with Crippen molar-refractivity contribution in [2.45, 2.75) is 11.6 Å². The average Bonchev–Trinajstić information content (AvgIpc) is 3.23. The van der Waals surface area contributed by atoms with E-state index in [0.717, 1.165) is 32.6 Å². The lowest BCUT2D eigenvalue weighted by Gasteiger charge is -2.14. The minimum atomic E-state index is -0.157. The number of aromatic amines is 1. The molecule has 0 fully saturated rings. The number of hydrogen-bond acceptors (Lipinski definition) is 5. The number of thioether (sulfide) groups is 1. The first-order valence-corrected chi connectivity index (χ1v) is 9.57. The second kappa shape index (κ2) is 6.49. The minimum Gasteiger partial charge on any atom is -0.398 e. The summed E-state index contributed by atoms with van der Waals surface area (Å²) >= 11 is 1.58. The van der Waals surface area contributed by atoms with Gasteiger partial charge in [-0.25, -0.2) is 0 Å². The van der Waals surface area contributed by atoms with Crippen molar-refractivity contribution in [3.63, 3.8) is 0 Å². The van der Waals surface area contributed by atoms with E-state index < -0.39 is 0 Å². The predicted octanol–water partition coefficient (Wildman–Crippen LogP) is 3.57. The molecule has 0 atom stereocenters. The summed E-state index contributed by atoms with van der Waals surface area (Å²) < 4.78 is 0. The molecule has 0 saturated heterocycles. The number of nitrogens with zero attached hydrogens (tertiary/aromatic N) is 3. The van der Waals surface area contributed by atoms with E-state index in [4.69, 9.17) is 11.0 Å². The Morgan fingerprint density at radius 3 is 3.00 bits per heavy atom. The Balaban J connectivity index is 1.82. The van der Waals surface area contributed by atoms with E-state index in [1.165, 1.54) is 0 Å². The van der Waals surface area contributed by atoms with Gasteiger partial charge in [-0.1, -0.05) is 18.7 Å². The molecule has 0 unspecified atom stereocenters. The molecule has 134 valence electrons. The molecule has 1 amide bonds. The number of nitrogen functional groups attached to an aromatic ring is 1. The highest BCUT2D eigenvalue weighted by Gasteiger charge is 2.32. The molecule has 0 aliphatic carbocycles. The third-order valence-corrected chi connectivity index (χ3v) is 5.47. The number of carbonyl (C=O) groups excluding carboxylic acids is 1. The number of rotatable bonds is 4. The van der Waals surface area contributed by atoms with Crippen LogP contribution < -0.4 is 5.73 Å². The Morgan fingerprint density at radius 1 is 1.44 bits per heavy atom. The monoisotopic (exact) mass is 375 g/mol. The molecule has 1 aliphatic rings. The lowest BCUT2D eigenvalue weighted by Crippen LogP contribution is -2.26. The number of nitrogens with two attached hydrogens (primary N) is 1. The van der Waals surface area contributed by atoms with Gasteiger partial charge in [-0.15, -0.1) is 11.8 Å². The highest BCUT2D eigenvalue weighted by molar-refractivity contribution is 7.98. The summed E-state index contributed by atoms with van der Waals surface area (Å²) in [6.07, 6.45) is 1.99. The maximum Gasteiger partial charge on any atom is 0.256 e. The molecule has 4 rings (SSSR count). The van der Waals surface area contributed by atoms with Gasteiger partial charge in [-0.05, 0) is 41.1 Å². The highest BCUT2D eigenvalue weighted by atomic mass is 32.2. The van der Waals surface area contributed by atoms with Crippen LogP contribution in [0, 0.1) is 11.3 Å². The number of amides is 1. The third-order valence-electron chi connectivity index (χ3n) is 4.77. The zero-order valence-corrected chi connectivity index (χ0v) is 15.6. The Bertz CT molecular complexity index is 1140. The minimum absolute atomic E-state index is 0.157. The second-order valence-corrected chi connectivity index (χ2v) is 7.22. The van der Waals surface area contributed by atoms with Crippen LogP contribution in [0.1, 0.15) is 15.9 Å². The summed E-state index contributed by atoms with van der Waals surface area (Å²) in [5, 5.41) is 18.3. The van der Waals surface area contributed by atoms with Gasteiger partial charge < -0.3 is 10.6 Å². The third kappa shape index (κ3) is 2.75. The van der Waals surface area contributed by atoms with Gasteiger partial charge >= 0.3 is 0 Å². The molecule has 1 aliphatic heterocycles. The Labute approximate surface area is 160 Å². The molecular weight excluding hydrogens is 358 g/mol. The van der Waals surface area contributed by atoms with E-state index in [1.807, 2.05) is 30.5 Å². The van der Waals surface area contributed by atoms with Crippen molar-refractivity contribution in [1.29, 1.82) is 5.26 Å². The molecule has 3 N–H and O–H groups in total. The van der Waals surface area contributed by atoms with Crippen LogP contribution in [0.2, 0.25) is 0 Å². The Morgan fingerprint density at radius 2 is 2.26 bits per heavy atom. The summed E-state index contributed by atoms with van der Waals surface area (Å²) in [5.41, 5.74) is 11.3. The maximum atomic E-state index is 12.8. The maximum absolute atomic E-state index is 12.8. The molecule has 3 aromatic rings. The van der Waals surface area contributed by atoms with Crippen LogP contribution >= 0.6 is 11.8 Å². The van der Waals surface area contributed by atoms with Gasteiger partial charge in [-0.3, -0.25) is 9.89 Å². The zero-order valence-electron chi connectivity index (χ0n) is 14.7. The van der Waals surface area contributed by atoms with E-state index in [-0.39, 0.29) is 12.5 Å². The largest absolute Gasteiger partial charge is 0.398 e. The van der Waals surface area contributed by atoms with Gasteiger partial charge in [0, 0.05) is 23.2 Å². The molecule has 0 saturated carbocycles. The van der Waals surface area contributed by atoms with Crippen molar-refractivity contribution >= 4 is 34.3 Å². The first-order chi connectivity index (χ1) is 13.0.